The molecule has 2 fully saturated rings. The quantitative estimate of drug-likeness (QED) is 0.475. The van der Waals surface area contributed by atoms with Crippen molar-refractivity contribution in [1.29, 1.82) is 0 Å². The van der Waals surface area contributed by atoms with Crippen molar-refractivity contribution >= 4 is 16.9 Å². The van der Waals surface area contributed by atoms with Crippen molar-refractivity contribution in [3.63, 3.8) is 0 Å². The number of benzene rings is 2. The van der Waals surface area contributed by atoms with Crippen LogP contribution < -0.4 is 10.4 Å². The monoisotopic (exact) mass is 458 g/mol. The second-order valence-electron chi connectivity index (χ2n) is 9.26. The molecule has 1 saturated carbocycles. The average Bonchev–Trinajstić information content (AvgIpc) is 3.24. The van der Waals surface area contributed by atoms with Gasteiger partial charge in [0, 0.05) is 30.8 Å². The molecule has 6 rings (SSSR count). The van der Waals surface area contributed by atoms with Gasteiger partial charge >= 0.3 is 5.69 Å². The van der Waals surface area contributed by atoms with Crippen LogP contribution in [0.25, 0.3) is 27.8 Å². The van der Waals surface area contributed by atoms with E-state index in [1.165, 1.54) is 0 Å². The minimum atomic E-state index is -0.301. The Kier molecular flexibility index (Phi) is 5.01. The third-order valence-electron chi connectivity index (χ3n) is 6.94. The van der Waals surface area contributed by atoms with Crippen LogP contribution in [0.4, 0.5) is 0 Å². The van der Waals surface area contributed by atoms with Crippen molar-refractivity contribution in [3.8, 4) is 22.6 Å². The number of furan rings is 1. The summed E-state index contributed by atoms with van der Waals surface area (Å²) in [6, 6.07) is 13.8. The highest BCUT2D eigenvalue weighted by atomic mass is 16.5. The summed E-state index contributed by atoms with van der Waals surface area (Å²) in [7, 11) is 1.60. The first kappa shape index (κ1) is 20.8. The van der Waals surface area contributed by atoms with Gasteiger partial charge in [-0.15, -0.1) is 0 Å². The molecule has 0 spiro atoms. The van der Waals surface area contributed by atoms with Crippen LogP contribution in [0.1, 0.15) is 25.1 Å². The highest BCUT2D eigenvalue weighted by Gasteiger charge is 2.37. The molecule has 0 bridgehead atoms. The highest BCUT2D eigenvalue weighted by Crippen LogP contribution is 2.34. The van der Waals surface area contributed by atoms with Crippen LogP contribution in [0.2, 0.25) is 0 Å². The first-order chi connectivity index (χ1) is 16.6. The lowest BCUT2D eigenvalue weighted by Crippen LogP contribution is -2.30. The van der Waals surface area contributed by atoms with E-state index in [4.69, 9.17) is 9.15 Å². The number of likely N-dealkylation sites (tertiary alicyclic amines) is 1. The molecule has 3 heterocycles. The van der Waals surface area contributed by atoms with Gasteiger partial charge in [-0.2, -0.15) is 5.10 Å². The van der Waals surface area contributed by atoms with Gasteiger partial charge in [0.05, 0.1) is 19.1 Å². The number of carbonyl (C=O) groups excluding carboxylic acids is 1. The number of fused-ring (bicyclic) bond motifs is 1. The summed E-state index contributed by atoms with van der Waals surface area (Å²) in [5.41, 5.74) is 3.20. The van der Waals surface area contributed by atoms with E-state index in [2.05, 4.69) is 16.3 Å². The van der Waals surface area contributed by atoms with E-state index in [0.717, 1.165) is 54.4 Å². The van der Waals surface area contributed by atoms with Crippen molar-refractivity contribution in [1.82, 2.24) is 19.7 Å². The number of hydrogen-bond donors (Lipinski definition) is 1. The van der Waals surface area contributed by atoms with E-state index in [9.17, 15) is 9.59 Å². The fraction of sp³-hybridized carbons (Fsp3) is 0.346. The molecule has 1 N–H and O–H groups in total. The number of ether oxygens (including phenoxy) is 1. The first-order valence-electron chi connectivity index (χ1n) is 11.7. The van der Waals surface area contributed by atoms with Crippen molar-refractivity contribution < 1.29 is 13.9 Å². The number of aromatic nitrogens is 3. The molecule has 1 atom stereocenters. The van der Waals surface area contributed by atoms with Gasteiger partial charge < -0.3 is 14.1 Å². The second-order valence-corrected chi connectivity index (χ2v) is 9.26. The summed E-state index contributed by atoms with van der Waals surface area (Å²) >= 11 is 0. The average molecular weight is 459 g/mol. The van der Waals surface area contributed by atoms with Crippen LogP contribution in [-0.4, -0.2) is 45.8 Å². The summed E-state index contributed by atoms with van der Waals surface area (Å²) in [5.74, 6) is 2.05. The Balaban J connectivity index is 1.28. The predicted molar refractivity (Wildman–Crippen MR) is 127 cm³/mol. The van der Waals surface area contributed by atoms with Crippen molar-refractivity contribution in [2.75, 3.05) is 20.2 Å². The van der Waals surface area contributed by atoms with Gasteiger partial charge in [0.1, 0.15) is 17.2 Å². The molecule has 1 aliphatic heterocycles. The topological polar surface area (TPSA) is 93.4 Å². The molecular weight excluding hydrogens is 432 g/mol. The molecule has 2 aromatic heterocycles. The van der Waals surface area contributed by atoms with Gasteiger partial charge in [0.2, 0.25) is 5.91 Å². The van der Waals surface area contributed by atoms with Crippen molar-refractivity contribution in [2.45, 2.75) is 25.7 Å². The third kappa shape index (κ3) is 3.69. The number of amides is 1. The van der Waals surface area contributed by atoms with E-state index in [1.54, 1.807) is 17.9 Å². The first-order valence-corrected chi connectivity index (χ1v) is 11.7. The lowest BCUT2D eigenvalue weighted by molar-refractivity contribution is -0.131. The molecule has 1 aliphatic carbocycles. The number of nitrogens with one attached hydrogen (secondary N) is 1. The fourth-order valence-corrected chi connectivity index (χ4v) is 4.95. The molecule has 1 amide bonds. The number of carbonyl (C=O) groups is 1. The molecule has 34 heavy (non-hydrogen) atoms. The van der Waals surface area contributed by atoms with Crippen LogP contribution in [0, 0.1) is 11.8 Å². The van der Waals surface area contributed by atoms with Gasteiger partial charge in [-0.25, -0.2) is 14.5 Å². The van der Waals surface area contributed by atoms with Crippen LogP contribution in [0.3, 0.4) is 0 Å². The Labute approximate surface area is 196 Å². The van der Waals surface area contributed by atoms with Crippen molar-refractivity contribution in [3.05, 3.63) is 65.0 Å². The zero-order chi connectivity index (χ0) is 23.2. The minimum Gasteiger partial charge on any atom is -0.495 e. The zero-order valence-corrected chi connectivity index (χ0v) is 19.0. The van der Waals surface area contributed by atoms with E-state index in [-0.39, 0.29) is 23.4 Å². The number of rotatable bonds is 6. The minimum absolute atomic E-state index is 0.235. The van der Waals surface area contributed by atoms with Gasteiger partial charge in [-0.3, -0.25) is 4.79 Å². The summed E-state index contributed by atoms with van der Waals surface area (Å²) in [4.78, 5) is 27.1. The van der Waals surface area contributed by atoms with Crippen LogP contribution in [0.15, 0.2) is 57.9 Å². The fourth-order valence-electron chi connectivity index (χ4n) is 4.95. The number of methoxy groups -OCH3 is 1. The SMILES string of the molecule is COc1cc(-c2ccc3occc3c2)ccc1-n1c(CC2CCN(C(=O)C3CC3)C2)n[nH]c1=O. The Hall–Kier alpha value is -3.81. The van der Waals surface area contributed by atoms with E-state index >= 15 is 0 Å². The lowest BCUT2D eigenvalue weighted by atomic mass is 10.0. The molecule has 1 saturated heterocycles. The molecule has 8 heteroatoms. The molecule has 174 valence electrons. The van der Waals surface area contributed by atoms with Gasteiger partial charge in [-0.05, 0) is 66.6 Å². The van der Waals surface area contributed by atoms with Crippen LogP contribution in [-0.2, 0) is 11.2 Å². The van der Waals surface area contributed by atoms with Gasteiger partial charge in [0.25, 0.3) is 0 Å². The Bertz CT molecular complexity index is 1430. The van der Waals surface area contributed by atoms with Crippen LogP contribution in [0.5, 0.6) is 5.75 Å². The maximum atomic E-state index is 12.7. The summed E-state index contributed by atoms with van der Waals surface area (Å²) in [5, 5.41) is 7.94. The smallest absolute Gasteiger partial charge is 0.348 e. The summed E-state index contributed by atoms with van der Waals surface area (Å²) < 4.78 is 12.7. The van der Waals surface area contributed by atoms with E-state index < -0.39 is 0 Å². The molecule has 8 nitrogen and oxygen atoms in total. The van der Waals surface area contributed by atoms with Gasteiger partial charge in [-0.1, -0.05) is 12.1 Å². The molecule has 1 unspecified atom stereocenters. The van der Waals surface area contributed by atoms with E-state index in [1.807, 2.05) is 41.3 Å². The maximum Gasteiger partial charge on any atom is 0.348 e. The molecule has 0 radical (unpaired) electrons. The standard InChI is InChI=1S/C26H26N4O4/c1-33-23-14-19(18-5-7-22-20(13-18)9-11-34-22)4-6-21(23)30-24(27-28-26(30)32)12-16-8-10-29(15-16)25(31)17-2-3-17/h4-7,9,11,13-14,16-17H,2-3,8,10,12,15H2,1H3,(H,28,32). The van der Waals surface area contributed by atoms with E-state index in [0.29, 0.717) is 23.7 Å². The van der Waals surface area contributed by atoms with Gasteiger partial charge in [0.15, 0.2) is 0 Å². The Morgan fingerprint density at radius 1 is 1.15 bits per heavy atom. The lowest BCUT2D eigenvalue weighted by Gasteiger charge is -2.17. The largest absolute Gasteiger partial charge is 0.495 e. The zero-order valence-electron chi connectivity index (χ0n) is 19.0. The number of H-pyrrole nitrogens is 1. The maximum absolute atomic E-state index is 12.7. The molecule has 4 aromatic rings. The Morgan fingerprint density at radius 2 is 1.97 bits per heavy atom. The molecule has 2 aromatic carbocycles. The number of hydrogen-bond acceptors (Lipinski definition) is 5. The van der Waals surface area contributed by atoms with Crippen LogP contribution >= 0.6 is 0 Å². The summed E-state index contributed by atoms with van der Waals surface area (Å²) in [6.07, 6.45) is 5.26. The number of aromatic amines is 1. The third-order valence-corrected chi connectivity index (χ3v) is 6.94. The normalized spacial score (nSPS) is 18.0. The summed E-state index contributed by atoms with van der Waals surface area (Å²) in [6.45, 7) is 1.51. The second kappa shape index (κ2) is 8.20. The molecular formula is C26H26N4O4. The van der Waals surface area contributed by atoms with Crippen molar-refractivity contribution in [2.24, 2.45) is 11.8 Å². The Morgan fingerprint density at radius 3 is 2.79 bits per heavy atom. The highest BCUT2D eigenvalue weighted by molar-refractivity contribution is 5.84. The predicted octanol–water partition coefficient (Wildman–Crippen LogP) is 3.78. The number of nitrogens with zero attached hydrogens (tertiary/aromatic N) is 3. The molecule has 2 aliphatic rings.